The van der Waals surface area contributed by atoms with Crippen LogP contribution in [0.15, 0.2) is 6.33 Å². The van der Waals surface area contributed by atoms with Gasteiger partial charge in [0.15, 0.2) is 0 Å². The third-order valence-electron chi connectivity index (χ3n) is 3.23. The van der Waals surface area contributed by atoms with Crippen molar-refractivity contribution in [1.82, 2.24) is 20.1 Å². The number of hydrogen-bond acceptors (Lipinski definition) is 5. The molecule has 1 aromatic heterocycles. The van der Waals surface area contributed by atoms with E-state index in [1.807, 2.05) is 4.68 Å². The highest BCUT2D eigenvalue weighted by molar-refractivity contribution is 4.89. The van der Waals surface area contributed by atoms with Crippen molar-refractivity contribution in [3.63, 3.8) is 0 Å². The number of nitrogens with one attached hydrogen (secondary N) is 1. The van der Waals surface area contributed by atoms with Crippen molar-refractivity contribution >= 4 is 0 Å². The summed E-state index contributed by atoms with van der Waals surface area (Å²) < 4.78 is 12.8. The number of nitrogens with zero attached hydrogens (tertiary/aromatic N) is 3. The van der Waals surface area contributed by atoms with Gasteiger partial charge in [0.1, 0.15) is 17.8 Å². The minimum atomic E-state index is -0.170. The third kappa shape index (κ3) is 2.83. The summed E-state index contributed by atoms with van der Waals surface area (Å²) in [6.07, 6.45) is 2.53. The van der Waals surface area contributed by atoms with Crippen LogP contribution in [0.4, 0.5) is 0 Å². The van der Waals surface area contributed by atoms with Crippen LogP contribution in [0.25, 0.3) is 0 Å². The summed E-state index contributed by atoms with van der Waals surface area (Å²) in [6.45, 7) is 5.83. The quantitative estimate of drug-likeness (QED) is 0.769. The molecule has 0 spiro atoms. The Morgan fingerprint density at radius 3 is 3.18 bits per heavy atom. The predicted molar refractivity (Wildman–Crippen MR) is 62.6 cm³/mol. The van der Waals surface area contributed by atoms with Crippen molar-refractivity contribution in [1.29, 1.82) is 0 Å². The summed E-state index contributed by atoms with van der Waals surface area (Å²) in [5.41, 5.74) is -0.170. The van der Waals surface area contributed by atoms with Crippen LogP contribution in [-0.2, 0) is 22.6 Å². The monoisotopic (exact) mass is 240 g/mol. The Labute approximate surface area is 101 Å². The van der Waals surface area contributed by atoms with E-state index in [-0.39, 0.29) is 5.60 Å². The van der Waals surface area contributed by atoms with E-state index in [9.17, 15) is 0 Å². The average molecular weight is 240 g/mol. The summed E-state index contributed by atoms with van der Waals surface area (Å²) in [6, 6.07) is 0. The van der Waals surface area contributed by atoms with Crippen LogP contribution in [-0.4, -0.2) is 47.2 Å². The molecular weight excluding hydrogens is 220 g/mol. The van der Waals surface area contributed by atoms with Gasteiger partial charge in [0.25, 0.3) is 0 Å². The summed E-state index contributed by atoms with van der Waals surface area (Å²) in [5.74, 6) is 0.956. The summed E-state index contributed by atoms with van der Waals surface area (Å²) in [5, 5.41) is 7.50. The second kappa shape index (κ2) is 5.57. The zero-order chi connectivity index (χ0) is 12.1. The van der Waals surface area contributed by atoms with Gasteiger partial charge in [-0.05, 0) is 6.92 Å². The van der Waals surface area contributed by atoms with Crippen LogP contribution < -0.4 is 5.32 Å². The predicted octanol–water partition coefficient (Wildman–Crippen LogP) is 0.193. The van der Waals surface area contributed by atoms with E-state index in [2.05, 4.69) is 22.3 Å². The Morgan fingerprint density at radius 1 is 1.65 bits per heavy atom. The van der Waals surface area contributed by atoms with Gasteiger partial charge in [-0.25, -0.2) is 9.67 Å². The normalized spacial score (nSPS) is 24.4. The summed E-state index contributed by atoms with van der Waals surface area (Å²) in [7, 11) is 1.74. The highest BCUT2D eigenvalue weighted by Gasteiger charge is 2.34. The molecule has 6 heteroatoms. The van der Waals surface area contributed by atoms with Crippen LogP contribution >= 0.6 is 0 Å². The first-order chi connectivity index (χ1) is 8.29. The van der Waals surface area contributed by atoms with Crippen LogP contribution in [0, 0.1) is 0 Å². The Morgan fingerprint density at radius 2 is 2.53 bits per heavy atom. The largest absolute Gasteiger partial charge is 0.378 e. The first-order valence-corrected chi connectivity index (χ1v) is 6.00. The first kappa shape index (κ1) is 12.5. The Balaban J connectivity index is 1.82. The van der Waals surface area contributed by atoms with Gasteiger partial charge in [-0.1, -0.05) is 0 Å². The molecule has 0 saturated carbocycles. The van der Waals surface area contributed by atoms with Crippen molar-refractivity contribution < 1.29 is 9.47 Å². The standard InChI is InChI=1S/C11H20N4O2/c1-3-15-10(13-9-14-15)6-12-7-11(16-2)4-5-17-8-11/h9,12H,3-8H2,1-2H3. The lowest BCUT2D eigenvalue weighted by atomic mass is 10.0. The van der Waals surface area contributed by atoms with Crippen LogP contribution in [0.1, 0.15) is 19.2 Å². The van der Waals surface area contributed by atoms with E-state index in [0.29, 0.717) is 13.2 Å². The van der Waals surface area contributed by atoms with E-state index in [1.54, 1.807) is 13.4 Å². The van der Waals surface area contributed by atoms with Crippen molar-refractivity contribution in [3.05, 3.63) is 12.2 Å². The van der Waals surface area contributed by atoms with Gasteiger partial charge in [-0.2, -0.15) is 5.10 Å². The lowest BCUT2D eigenvalue weighted by molar-refractivity contribution is -0.0160. The van der Waals surface area contributed by atoms with Crippen LogP contribution in [0.5, 0.6) is 0 Å². The number of aromatic nitrogens is 3. The molecule has 1 fully saturated rings. The minimum absolute atomic E-state index is 0.170. The maximum Gasteiger partial charge on any atom is 0.140 e. The fraction of sp³-hybridized carbons (Fsp3) is 0.818. The number of aryl methyl sites for hydroxylation is 1. The lowest BCUT2D eigenvalue weighted by Crippen LogP contribution is -2.43. The third-order valence-corrected chi connectivity index (χ3v) is 3.23. The van der Waals surface area contributed by atoms with E-state index in [0.717, 1.165) is 31.9 Å². The molecule has 1 aliphatic heterocycles. The van der Waals surface area contributed by atoms with Crippen molar-refractivity contribution in [2.45, 2.75) is 32.0 Å². The molecule has 96 valence electrons. The second-order valence-corrected chi connectivity index (χ2v) is 4.29. The zero-order valence-electron chi connectivity index (χ0n) is 10.5. The van der Waals surface area contributed by atoms with Gasteiger partial charge in [0.2, 0.25) is 0 Å². The minimum Gasteiger partial charge on any atom is -0.378 e. The molecule has 17 heavy (non-hydrogen) atoms. The van der Waals surface area contributed by atoms with Crippen LogP contribution in [0.3, 0.4) is 0 Å². The summed E-state index contributed by atoms with van der Waals surface area (Å²) in [4.78, 5) is 4.22. The molecule has 2 heterocycles. The molecule has 0 bridgehead atoms. The number of rotatable bonds is 6. The van der Waals surface area contributed by atoms with Crippen LogP contribution in [0.2, 0.25) is 0 Å². The van der Waals surface area contributed by atoms with Gasteiger partial charge in [-0.3, -0.25) is 0 Å². The van der Waals surface area contributed by atoms with E-state index < -0.39 is 0 Å². The molecule has 1 atom stereocenters. The first-order valence-electron chi connectivity index (χ1n) is 6.00. The Kier molecular flexibility index (Phi) is 4.09. The highest BCUT2D eigenvalue weighted by Crippen LogP contribution is 2.21. The van der Waals surface area contributed by atoms with E-state index in [1.165, 1.54) is 0 Å². The Hall–Kier alpha value is -0.980. The van der Waals surface area contributed by atoms with Crippen molar-refractivity contribution in [2.75, 3.05) is 26.9 Å². The number of methoxy groups -OCH3 is 1. The molecule has 1 unspecified atom stereocenters. The maximum absolute atomic E-state index is 5.54. The lowest BCUT2D eigenvalue weighted by Gasteiger charge is -2.25. The smallest absolute Gasteiger partial charge is 0.140 e. The molecule has 1 N–H and O–H groups in total. The van der Waals surface area contributed by atoms with Gasteiger partial charge in [0, 0.05) is 33.2 Å². The van der Waals surface area contributed by atoms with Gasteiger partial charge in [-0.15, -0.1) is 0 Å². The number of ether oxygens (including phenoxy) is 2. The molecule has 0 aliphatic carbocycles. The van der Waals surface area contributed by atoms with Crippen molar-refractivity contribution in [2.24, 2.45) is 0 Å². The Bertz CT molecular complexity index is 347. The summed E-state index contributed by atoms with van der Waals surface area (Å²) >= 11 is 0. The van der Waals surface area contributed by atoms with Crippen molar-refractivity contribution in [3.8, 4) is 0 Å². The molecule has 1 aliphatic rings. The molecule has 6 nitrogen and oxygen atoms in total. The van der Waals surface area contributed by atoms with Gasteiger partial charge < -0.3 is 14.8 Å². The average Bonchev–Trinajstić information content (AvgIpc) is 2.98. The van der Waals surface area contributed by atoms with E-state index in [4.69, 9.17) is 9.47 Å². The van der Waals surface area contributed by atoms with E-state index >= 15 is 0 Å². The maximum atomic E-state index is 5.54. The molecule has 1 saturated heterocycles. The SMILES string of the molecule is CCn1ncnc1CNCC1(OC)CCOC1. The van der Waals surface area contributed by atoms with Gasteiger partial charge in [0.05, 0.1) is 13.2 Å². The molecular formula is C11H20N4O2. The van der Waals surface area contributed by atoms with Gasteiger partial charge >= 0.3 is 0 Å². The molecule has 1 aromatic rings. The number of hydrogen-bond donors (Lipinski definition) is 1. The molecule has 0 amide bonds. The second-order valence-electron chi connectivity index (χ2n) is 4.29. The highest BCUT2D eigenvalue weighted by atomic mass is 16.5. The topological polar surface area (TPSA) is 61.2 Å². The molecule has 0 aromatic carbocycles. The zero-order valence-corrected chi connectivity index (χ0v) is 10.5. The molecule has 2 rings (SSSR count). The fourth-order valence-electron chi connectivity index (χ4n) is 2.05. The fourth-order valence-corrected chi connectivity index (χ4v) is 2.05. The molecule has 0 radical (unpaired) electrons.